The summed E-state index contributed by atoms with van der Waals surface area (Å²) in [5.41, 5.74) is -0.214. The molecule has 0 bridgehead atoms. The zero-order chi connectivity index (χ0) is 16.2. The van der Waals surface area contributed by atoms with Crippen LogP contribution in [-0.2, 0) is 10.0 Å². The molecule has 0 amide bonds. The number of halogens is 1. The summed E-state index contributed by atoms with van der Waals surface area (Å²) in [4.78, 5) is 13.8. The number of rotatable bonds is 7. The molecule has 0 unspecified atom stereocenters. The Morgan fingerprint density at radius 3 is 2.77 bits per heavy atom. The number of thiophene rings is 1. The summed E-state index contributed by atoms with van der Waals surface area (Å²) < 4.78 is 26.3. The van der Waals surface area contributed by atoms with E-state index in [0.29, 0.717) is 0 Å². The van der Waals surface area contributed by atoms with Gasteiger partial charge in [0.15, 0.2) is 0 Å². The van der Waals surface area contributed by atoms with Crippen LogP contribution in [-0.4, -0.2) is 31.4 Å². The Morgan fingerprint density at radius 1 is 1.41 bits per heavy atom. The van der Waals surface area contributed by atoms with Gasteiger partial charge in [0, 0.05) is 19.2 Å². The fourth-order valence-electron chi connectivity index (χ4n) is 1.51. The number of pyridine rings is 1. The zero-order valence-electron chi connectivity index (χ0n) is 11.0. The number of sulfonamides is 1. The molecule has 2 aromatic rings. The van der Waals surface area contributed by atoms with E-state index >= 15 is 0 Å². The van der Waals surface area contributed by atoms with E-state index in [1.54, 1.807) is 11.4 Å². The molecule has 2 aromatic heterocycles. The first-order valence-corrected chi connectivity index (χ1v) is 8.71. The first-order chi connectivity index (χ1) is 10.4. The van der Waals surface area contributed by atoms with E-state index in [-0.39, 0.29) is 33.8 Å². The first-order valence-electron chi connectivity index (χ1n) is 5.97. The van der Waals surface area contributed by atoms with Crippen molar-refractivity contribution in [1.82, 2.24) is 9.71 Å². The van der Waals surface area contributed by atoms with E-state index in [1.165, 1.54) is 12.1 Å². The molecule has 8 nitrogen and oxygen atoms in total. The van der Waals surface area contributed by atoms with Crippen LogP contribution in [0.4, 0.5) is 11.5 Å². The van der Waals surface area contributed by atoms with E-state index in [0.717, 1.165) is 17.5 Å². The van der Waals surface area contributed by atoms with Gasteiger partial charge in [-0.25, -0.2) is 18.1 Å². The van der Waals surface area contributed by atoms with Crippen molar-refractivity contribution in [1.29, 1.82) is 0 Å². The van der Waals surface area contributed by atoms with Gasteiger partial charge in [0.1, 0.15) is 16.2 Å². The summed E-state index contributed by atoms with van der Waals surface area (Å²) >= 11 is 6.98. The number of nitrogens with one attached hydrogen (secondary N) is 2. The van der Waals surface area contributed by atoms with E-state index in [9.17, 15) is 18.5 Å². The van der Waals surface area contributed by atoms with Gasteiger partial charge in [-0.05, 0) is 11.4 Å². The average Bonchev–Trinajstić information content (AvgIpc) is 2.99. The fraction of sp³-hybridized carbons (Fsp3) is 0.182. The van der Waals surface area contributed by atoms with Gasteiger partial charge in [-0.3, -0.25) is 10.1 Å². The van der Waals surface area contributed by atoms with E-state index in [2.05, 4.69) is 15.0 Å². The van der Waals surface area contributed by atoms with Crippen LogP contribution in [0.25, 0.3) is 0 Å². The molecular weight excluding hydrogens is 352 g/mol. The standard InChI is InChI=1S/C11H11ClN4O4S2/c12-9-6-8(16(17)18)7-14-11(9)13-3-4-15-22(19,20)10-2-1-5-21-10/h1-2,5-7,15H,3-4H2,(H,13,14). The highest BCUT2D eigenvalue weighted by Crippen LogP contribution is 2.23. The molecule has 2 heterocycles. The number of aromatic nitrogens is 1. The molecule has 118 valence electrons. The molecule has 0 spiro atoms. The van der Waals surface area contributed by atoms with Gasteiger partial charge in [0.25, 0.3) is 5.69 Å². The highest BCUT2D eigenvalue weighted by atomic mass is 35.5. The number of nitrogens with zero attached hydrogens (tertiary/aromatic N) is 2. The second kappa shape index (κ2) is 7.01. The Bertz CT molecular complexity index is 764. The third-order valence-electron chi connectivity index (χ3n) is 2.51. The fourth-order valence-corrected chi connectivity index (χ4v) is 3.81. The van der Waals surface area contributed by atoms with E-state index in [4.69, 9.17) is 11.6 Å². The Labute approximate surface area is 135 Å². The lowest BCUT2D eigenvalue weighted by molar-refractivity contribution is -0.385. The maximum absolute atomic E-state index is 11.8. The largest absolute Gasteiger partial charge is 0.368 e. The van der Waals surface area contributed by atoms with Crippen molar-refractivity contribution >= 4 is 44.5 Å². The maximum Gasteiger partial charge on any atom is 0.289 e. The molecule has 0 aliphatic carbocycles. The van der Waals surface area contributed by atoms with Crippen molar-refractivity contribution in [2.45, 2.75) is 4.21 Å². The van der Waals surface area contributed by atoms with Gasteiger partial charge in [0.05, 0.1) is 9.95 Å². The van der Waals surface area contributed by atoms with Crippen LogP contribution in [0.3, 0.4) is 0 Å². The molecule has 0 aliphatic heterocycles. The van der Waals surface area contributed by atoms with Crippen LogP contribution in [0.15, 0.2) is 34.0 Å². The highest BCUT2D eigenvalue weighted by molar-refractivity contribution is 7.91. The Hall–Kier alpha value is -1.75. The molecule has 2 N–H and O–H groups in total. The monoisotopic (exact) mass is 362 g/mol. The average molecular weight is 363 g/mol. The molecule has 0 saturated carbocycles. The normalized spacial score (nSPS) is 11.3. The minimum absolute atomic E-state index is 0.0929. The third kappa shape index (κ3) is 4.13. The Morgan fingerprint density at radius 2 is 2.18 bits per heavy atom. The number of hydrogen-bond acceptors (Lipinski definition) is 7. The summed E-state index contributed by atoms with van der Waals surface area (Å²) in [6.45, 7) is 0.352. The Balaban J connectivity index is 1.88. The maximum atomic E-state index is 11.8. The van der Waals surface area contributed by atoms with Crippen LogP contribution >= 0.6 is 22.9 Å². The van der Waals surface area contributed by atoms with Crippen LogP contribution < -0.4 is 10.0 Å². The number of hydrogen-bond donors (Lipinski definition) is 2. The zero-order valence-corrected chi connectivity index (χ0v) is 13.4. The van der Waals surface area contributed by atoms with Crippen molar-refractivity contribution in [2.24, 2.45) is 0 Å². The minimum Gasteiger partial charge on any atom is -0.368 e. The molecule has 0 aromatic carbocycles. The lowest BCUT2D eigenvalue weighted by Crippen LogP contribution is -2.28. The second-order valence-corrected chi connectivity index (χ2v) is 7.39. The van der Waals surface area contributed by atoms with E-state index in [1.807, 2.05) is 0 Å². The van der Waals surface area contributed by atoms with Gasteiger partial charge in [-0.1, -0.05) is 17.7 Å². The SMILES string of the molecule is O=[N+]([O-])c1cnc(NCCNS(=O)(=O)c2cccs2)c(Cl)c1. The molecule has 0 saturated heterocycles. The van der Waals surface area contributed by atoms with Crippen LogP contribution in [0.5, 0.6) is 0 Å². The van der Waals surface area contributed by atoms with E-state index < -0.39 is 14.9 Å². The van der Waals surface area contributed by atoms with Crippen LogP contribution in [0.2, 0.25) is 5.02 Å². The summed E-state index contributed by atoms with van der Waals surface area (Å²) in [6, 6.07) is 4.33. The second-order valence-electron chi connectivity index (χ2n) is 4.04. The van der Waals surface area contributed by atoms with Gasteiger partial charge in [0.2, 0.25) is 10.0 Å². The van der Waals surface area contributed by atoms with Gasteiger partial charge >= 0.3 is 0 Å². The molecule has 0 aliphatic rings. The Kier molecular flexibility index (Phi) is 5.29. The minimum atomic E-state index is -3.51. The van der Waals surface area contributed by atoms with Crippen molar-refractivity contribution in [3.8, 4) is 0 Å². The number of anilines is 1. The highest BCUT2D eigenvalue weighted by Gasteiger charge is 2.14. The molecule has 0 radical (unpaired) electrons. The lowest BCUT2D eigenvalue weighted by atomic mass is 10.4. The van der Waals surface area contributed by atoms with Crippen molar-refractivity contribution < 1.29 is 13.3 Å². The molecule has 0 fully saturated rings. The smallest absolute Gasteiger partial charge is 0.289 e. The quantitative estimate of drug-likeness (QED) is 0.443. The van der Waals surface area contributed by atoms with Crippen LogP contribution in [0, 0.1) is 10.1 Å². The van der Waals surface area contributed by atoms with Gasteiger partial charge in [-0.15, -0.1) is 11.3 Å². The third-order valence-corrected chi connectivity index (χ3v) is 5.65. The summed E-state index contributed by atoms with van der Waals surface area (Å²) in [5.74, 6) is 0.252. The predicted octanol–water partition coefficient (Wildman–Crippen LogP) is 2.10. The van der Waals surface area contributed by atoms with Crippen molar-refractivity contribution in [2.75, 3.05) is 18.4 Å². The van der Waals surface area contributed by atoms with Crippen LogP contribution in [0.1, 0.15) is 0 Å². The van der Waals surface area contributed by atoms with Gasteiger partial charge in [-0.2, -0.15) is 0 Å². The first kappa shape index (κ1) is 16.6. The molecular formula is C11H11ClN4O4S2. The predicted molar refractivity (Wildman–Crippen MR) is 83.9 cm³/mol. The number of nitro groups is 1. The molecule has 0 atom stereocenters. The lowest BCUT2D eigenvalue weighted by Gasteiger charge is -2.08. The topological polar surface area (TPSA) is 114 Å². The summed E-state index contributed by atoms with van der Waals surface area (Å²) in [5, 5.41) is 15.1. The van der Waals surface area contributed by atoms with Crippen molar-refractivity contribution in [3.05, 3.63) is 44.9 Å². The molecule has 11 heteroatoms. The summed E-state index contributed by atoms with van der Waals surface area (Å²) in [6.07, 6.45) is 1.07. The summed E-state index contributed by atoms with van der Waals surface area (Å²) in [7, 11) is -3.51. The van der Waals surface area contributed by atoms with Gasteiger partial charge < -0.3 is 5.32 Å². The molecule has 22 heavy (non-hydrogen) atoms. The molecule has 2 rings (SSSR count). The van der Waals surface area contributed by atoms with Crippen molar-refractivity contribution in [3.63, 3.8) is 0 Å².